The molecule has 7 heteroatoms. The van der Waals surface area contributed by atoms with E-state index in [-0.39, 0.29) is 24.0 Å². The van der Waals surface area contributed by atoms with E-state index in [1.807, 2.05) is 65.0 Å². The Morgan fingerprint density at radius 1 is 1.25 bits per heavy atom. The Kier molecular flexibility index (Phi) is 9.52. The van der Waals surface area contributed by atoms with Gasteiger partial charge in [0.2, 0.25) is 5.91 Å². The summed E-state index contributed by atoms with van der Waals surface area (Å²) in [5.41, 5.74) is 0.289. The highest BCUT2D eigenvalue weighted by molar-refractivity contribution is 5.94. The number of rotatable bonds is 8. The molecule has 1 unspecified atom stereocenters. The van der Waals surface area contributed by atoms with Gasteiger partial charge in [0.25, 0.3) is 0 Å². The van der Waals surface area contributed by atoms with E-state index >= 15 is 0 Å². The molecule has 0 N–H and O–H groups in total. The van der Waals surface area contributed by atoms with Crippen LogP contribution in [0.2, 0.25) is 0 Å². The van der Waals surface area contributed by atoms with E-state index in [9.17, 15) is 9.59 Å². The third-order valence-electron chi connectivity index (χ3n) is 5.48. The zero-order chi connectivity index (χ0) is 23.7. The van der Waals surface area contributed by atoms with Gasteiger partial charge >= 0.3 is 6.09 Å². The summed E-state index contributed by atoms with van der Waals surface area (Å²) in [6.45, 7) is 12.6. The fraction of sp³-hybridized carbons (Fsp3) is 0.640. The van der Waals surface area contributed by atoms with E-state index in [1.54, 1.807) is 9.80 Å². The van der Waals surface area contributed by atoms with Crippen LogP contribution in [0.5, 0.6) is 0 Å². The molecule has 0 aliphatic carbocycles. The average Bonchev–Trinajstić information content (AvgIpc) is 2.72. The molecule has 1 heterocycles. The highest BCUT2D eigenvalue weighted by Gasteiger charge is 2.30. The summed E-state index contributed by atoms with van der Waals surface area (Å²) in [6, 6.07) is 11.7. The summed E-state index contributed by atoms with van der Waals surface area (Å²) < 4.78 is 5.60. The maximum absolute atomic E-state index is 13.1. The first-order valence-electron chi connectivity index (χ1n) is 11.5. The molecule has 7 nitrogen and oxygen atoms in total. The first-order valence-corrected chi connectivity index (χ1v) is 11.5. The number of piperidine rings is 1. The van der Waals surface area contributed by atoms with Crippen LogP contribution in [0.25, 0.3) is 0 Å². The van der Waals surface area contributed by atoms with Crippen molar-refractivity contribution in [3.8, 4) is 6.07 Å². The molecule has 0 saturated carbocycles. The highest BCUT2D eigenvalue weighted by Crippen LogP contribution is 2.21. The number of likely N-dealkylation sites (tertiary alicyclic amines) is 1. The van der Waals surface area contributed by atoms with Gasteiger partial charge in [-0.3, -0.25) is 9.69 Å². The molecule has 1 aliphatic heterocycles. The van der Waals surface area contributed by atoms with Crippen molar-refractivity contribution < 1.29 is 14.3 Å². The Hall–Kier alpha value is -2.59. The lowest BCUT2D eigenvalue weighted by atomic mass is 9.97. The van der Waals surface area contributed by atoms with Gasteiger partial charge in [-0.2, -0.15) is 5.26 Å². The largest absolute Gasteiger partial charge is 0.444 e. The highest BCUT2D eigenvalue weighted by atomic mass is 16.6. The van der Waals surface area contributed by atoms with Gasteiger partial charge in [0.15, 0.2) is 0 Å². The van der Waals surface area contributed by atoms with Crippen LogP contribution in [0.15, 0.2) is 30.3 Å². The molecule has 176 valence electrons. The molecule has 1 aromatic carbocycles. The standard InChI is InChI=1S/C25H38N4O3/c1-20(2)29(24(31)32-25(3,4)5)18-21-11-9-15-27(17-21)19-23(30)28(16-10-14-26)22-12-7-6-8-13-22/h6-8,12-13,20-21H,9-11,15-19H2,1-5H3. The normalized spacial score (nSPS) is 17.0. The molecule has 1 fully saturated rings. The fourth-order valence-corrected chi connectivity index (χ4v) is 3.98. The van der Waals surface area contributed by atoms with Crippen molar-refractivity contribution in [2.75, 3.05) is 37.6 Å². The number of carbonyl (C=O) groups is 2. The van der Waals surface area contributed by atoms with Crippen LogP contribution in [0, 0.1) is 17.2 Å². The number of hydrogen-bond acceptors (Lipinski definition) is 5. The van der Waals surface area contributed by atoms with Crippen LogP contribution in [-0.4, -0.2) is 66.2 Å². The first-order chi connectivity index (χ1) is 15.1. The molecule has 1 saturated heterocycles. The Morgan fingerprint density at radius 2 is 1.94 bits per heavy atom. The van der Waals surface area contributed by atoms with Gasteiger partial charge < -0.3 is 14.5 Å². The summed E-state index contributed by atoms with van der Waals surface area (Å²) in [5, 5.41) is 9.00. The molecule has 0 bridgehead atoms. The van der Waals surface area contributed by atoms with Crippen molar-refractivity contribution in [2.45, 2.75) is 65.5 Å². The van der Waals surface area contributed by atoms with Crippen LogP contribution >= 0.6 is 0 Å². The van der Waals surface area contributed by atoms with Crippen molar-refractivity contribution in [1.82, 2.24) is 9.80 Å². The number of para-hydroxylation sites is 1. The number of carbonyl (C=O) groups excluding carboxylic acids is 2. The number of hydrogen-bond donors (Lipinski definition) is 0. The van der Waals surface area contributed by atoms with Crippen molar-refractivity contribution >= 4 is 17.7 Å². The van der Waals surface area contributed by atoms with E-state index in [1.165, 1.54) is 0 Å². The fourth-order valence-electron chi connectivity index (χ4n) is 3.98. The molecule has 32 heavy (non-hydrogen) atoms. The lowest BCUT2D eigenvalue weighted by Gasteiger charge is -2.38. The molecular formula is C25H38N4O3. The second kappa shape index (κ2) is 11.9. The second-order valence-electron chi connectivity index (χ2n) is 9.76. The minimum Gasteiger partial charge on any atom is -0.444 e. The first kappa shape index (κ1) is 25.7. The lowest BCUT2D eigenvalue weighted by Crippen LogP contribution is -2.49. The molecule has 1 atom stereocenters. The SMILES string of the molecule is CC(C)N(CC1CCCN(CC(=O)N(CCC#N)c2ccccc2)C1)C(=O)OC(C)(C)C. The van der Waals surface area contributed by atoms with E-state index < -0.39 is 5.60 Å². The maximum Gasteiger partial charge on any atom is 0.410 e. The van der Waals surface area contributed by atoms with E-state index in [2.05, 4.69) is 11.0 Å². The zero-order valence-corrected chi connectivity index (χ0v) is 20.2. The topological polar surface area (TPSA) is 76.9 Å². The van der Waals surface area contributed by atoms with Crippen LogP contribution in [0.3, 0.4) is 0 Å². The Morgan fingerprint density at radius 3 is 2.53 bits per heavy atom. The Bertz CT molecular complexity index is 783. The predicted molar refractivity (Wildman–Crippen MR) is 126 cm³/mol. The monoisotopic (exact) mass is 442 g/mol. The van der Waals surface area contributed by atoms with Crippen LogP contribution in [0.4, 0.5) is 10.5 Å². The van der Waals surface area contributed by atoms with Gasteiger partial charge in [-0.15, -0.1) is 0 Å². The molecule has 0 spiro atoms. The molecule has 2 rings (SSSR count). The van der Waals surface area contributed by atoms with Crippen LogP contribution in [0.1, 0.15) is 53.9 Å². The number of nitrogens with zero attached hydrogens (tertiary/aromatic N) is 4. The lowest BCUT2D eigenvalue weighted by molar-refractivity contribution is -0.120. The quantitative estimate of drug-likeness (QED) is 0.600. The van der Waals surface area contributed by atoms with Crippen molar-refractivity contribution in [1.29, 1.82) is 5.26 Å². The molecule has 0 aromatic heterocycles. The molecule has 0 radical (unpaired) electrons. The van der Waals surface area contributed by atoms with Gasteiger partial charge in [0, 0.05) is 31.4 Å². The summed E-state index contributed by atoms with van der Waals surface area (Å²) in [4.78, 5) is 31.5. The van der Waals surface area contributed by atoms with Crippen molar-refractivity contribution in [2.24, 2.45) is 5.92 Å². The Labute approximate surface area is 192 Å². The zero-order valence-electron chi connectivity index (χ0n) is 20.2. The van der Waals surface area contributed by atoms with Crippen molar-refractivity contribution in [3.63, 3.8) is 0 Å². The maximum atomic E-state index is 13.1. The summed E-state index contributed by atoms with van der Waals surface area (Å²) in [6.07, 6.45) is 2.02. The Balaban J connectivity index is 2.01. The number of amides is 2. The third-order valence-corrected chi connectivity index (χ3v) is 5.48. The smallest absolute Gasteiger partial charge is 0.410 e. The summed E-state index contributed by atoms with van der Waals surface area (Å²) >= 11 is 0. The van der Waals surface area contributed by atoms with Gasteiger partial charge in [-0.25, -0.2) is 4.79 Å². The predicted octanol–water partition coefficient (Wildman–Crippen LogP) is 4.29. The van der Waals surface area contributed by atoms with Gasteiger partial charge in [-0.05, 0) is 72.1 Å². The van der Waals surface area contributed by atoms with Gasteiger partial charge in [0.05, 0.1) is 19.0 Å². The van der Waals surface area contributed by atoms with Gasteiger partial charge in [-0.1, -0.05) is 18.2 Å². The third kappa shape index (κ3) is 8.16. The number of anilines is 1. The molecule has 1 aromatic rings. The number of ether oxygens (including phenoxy) is 1. The summed E-state index contributed by atoms with van der Waals surface area (Å²) in [5.74, 6) is 0.288. The number of nitriles is 1. The molecular weight excluding hydrogens is 404 g/mol. The van der Waals surface area contributed by atoms with E-state index in [0.717, 1.165) is 31.6 Å². The van der Waals surface area contributed by atoms with Crippen LogP contribution in [-0.2, 0) is 9.53 Å². The van der Waals surface area contributed by atoms with Gasteiger partial charge in [0.1, 0.15) is 5.60 Å². The molecule has 1 aliphatic rings. The minimum atomic E-state index is -0.528. The summed E-state index contributed by atoms with van der Waals surface area (Å²) in [7, 11) is 0. The number of benzene rings is 1. The van der Waals surface area contributed by atoms with Crippen molar-refractivity contribution in [3.05, 3.63) is 30.3 Å². The van der Waals surface area contributed by atoms with Crippen LogP contribution < -0.4 is 4.90 Å². The average molecular weight is 443 g/mol. The van der Waals surface area contributed by atoms with E-state index in [4.69, 9.17) is 10.00 Å². The second-order valence-corrected chi connectivity index (χ2v) is 9.76. The minimum absolute atomic E-state index is 0.0000389. The van der Waals surface area contributed by atoms with E-state index in [0.29, 0.717) is 26.1 Å². The molecule has 2 amide bonds.